The van der Waals surface area contributed by atoms with Crippen LogP contribution in [0.15, 0.2) is 11.6 Å². The number of Topliss-reactive ketones (excluding diaryl/α,β-unsaturated/α-hetero) is 1. The Morgan fingerprint density at radius 2 is 1.84 bits per heavy atom. The molecule has 202 valence electrons. The summed E-state index contributed by atoms with van der Waals surface area (Å²) in [6.07, 6.45) is 8.94. The first kappa shape index (κ1) is 29.4. The molecule has 0 aromatic heterocycles. The average Bonchev–Trinajstić information content (AvgIpc) is 3.44. The number of carbonyl (C=O) groups excluding carboxylic acids is 3. The fourth-order valence-electron chi connectivity index (χ4n) is 9.30. The zero-order valence-electron chi connectivity index (χ0n) is 21.7. The minimum absolute atomic E-state index is 0. The van der Waals surface area contributed by atoms with Crippen LogP contribution in [-0.2, 0) is 19.1 Å². The second-order valence-corrected chi connectivity index (χ2v) is 12.8. The summed E-state index contributed by atoms with van der Waals surface area (Å²) in [4.78, 5) is 38.2. The van der Waals surface area contributed by atoms with Crippen molar-refractivity contribution in [3.8, 4) is 0 Å². The number of fused-ring (bicyclic) bond motifs is 5. The van der Waals surface area contributed by atoms with Gasteiger partial charge in [0.05, 0.1) is 6.10 Å². The van der Waals surface area contributed by atoms with E-state index in [0.717, 1.165) is 18.4 Å². The summed E-state index contributed by atoms with van der Waals surface area (Å²) < 4.78 is 6.08. The fraction of sp³-hybridized carbons (Fsp3) is 0.828. The molecule has 0 radical (unpaired) electrons. The van der Waals surface area contributed by atoms with Gasteiger partial charge in [-0.25, -0.2) is 0 Å². The Morgan fingerprint density at radius 3 is 2.51 bits per heavy atom. The van der Waals surface area contributed by atoms with Gasteiger partial charge in [-0.05, 0) is 62.4 Å². The number of rotatable bonds is 6. The Kier molecular flexibility index (Phi) is 8.57. The molecule has 0 aromatic rings. The molecule has 37 heavy (non-hydrogen) atoms. The van der Waals surface area contributed by atoms with Crippen LogP contribution in [0.4, 0.5) is 0 Å². The number of aliphatic hydroxyl groups excluding tert-OH is 2. The zero-order valence-corrected chi connectivity index (χ0v) is 21.7. The van der Waals surface area contributed by atoms with E-state index in [9.17, 15) is 29.7 Å². The molecular weight excluding hydrogens is 483 g/mol. The minimum atomic E-state index is -1.65. The van der Waals surface area contributed by atoms with Crippen molar-refractivity contribution in [2.45, 2.75) is 109 Å². The van der Waals surface area contributed by atoms with Crippen molar-refractivity contribution in [1.29, 1.82) is 0 Å². The first-order valence-corrected chi connectivity index (χ1v) is 14.0. The van der Waals surface area contributed by atoms with Crippen molar-refractivity contribution in [1.82, 2.24) is 0 Å². The molecule has 7 nitrogen and oxygen atoms in total. The van der Waals surface area contributed by atoms with Gasteiger partial charge in [0.2, 0.25) is 0 Å². The predicted octanol–water partition coefficient (Wildman–Crippen LogP) is 2.63. The van der Waals surface area contributed by atoms with Crippen LogP contribution in [0.25, 0.3) is 0 Å². The van der Waals surface area contributed by atoms with Gasteiger partial charge in [-0.2, -0.15) is 0 Å². The van der Waals surface area contributed by atoms with Crippen molar-refractivity contribution >= 4 is 47.1 Å². The standard InChI is InChI=1S/C29H42O7.Na.H/c1-27-15-22(32)26-20(21(27)11-12-29(27,35)23(33)16-30)9-8-18-13-19(31)14-24(28(18,26)2)36-25(34)10-7-17-5-3-4-6-17;;/h13,17,20-22,24,26,30,32,35H,3-12,14-16H2,1-2H3;;/t20-,21-,22-,24?,26+,27-,28+,29-;;/m0../s1. The molecule has 0 heterocycles. The van der Waals surface area contributed by atoms with Crippen molar-refractivity contribution < 1.29 is 34.4 Å². The Labute approximate surface area is 242 Å². The Morgan fingerprint density at radius 1 is 1.14 bits per heavy atom. The molecule has 0 aromatic carbocycles. The maximum absolute atomic E-state index is 13.0. The van der Waals surface area contributed by atoms with Crippen LogP contribution in [0.1, 0.15) is 90.9 Å². The summed E-state index contributed by atoms with van der Waals surface area (Å²) in [7, 11) is 0. The van der Waals surface area contributed by atoms with Gasteiger partial charge >= 0.3 is 35.5 Å². The molecule has 0 amide bonds. The van der Waals surface area contributed by atoms with Crippen LogP contribution < -0.4 is 0 Å². The second kappa shape index (κ2) is 10.8. The molecule has 0 saturated heterocycles. The molecule has 0 spiro atoms. The van der Waals surface area contributed by atoms with Gasteiger partial charge in [0.1, 0.15) is 18.3 Å². The number of ketones is 2. The summed E-state index contributed by atoms with van der Waals surface area (Å²) in [6.45, 7) is 3.22. The molecule has 0 bridgehead atoms. The Balaban J connectivity index is 0.00000320. The van der Waals surface area contributed by atoms with Gasteiger partial charge < -0.3 is 20.1 Å². The predicted molar refractivity (Wildman–Crippen MR) is 139 cm³/mol. The molecule has 4 saturated carbocycles. The quantitative estimate of drug-likeness (QED) is 0.359. The van der Waals surface area contributed by atoms with Crippen molar-refractivity contribution in [2.75, 3.05) is 6.61 Å². The van der Waals surface area contributed by atoms with E-state index in [0.29, 0.717) is 25.2 Å². The van der Waals surface area contributed by atoms with Gasteiger partial charge in [-0.15, -0.1) is 0 Å². The molecule has 0 aliphatic heterocycles. The summed E-state index contributed by atoms with van der Waals surface area (Å²) in [5, 5.41) is 32.6. The van der Waals surface area contributed by atoms with Gasteiger partial charge in [0.15, 0.2) is 11.6 Å². The van der Waals surface area contributed by atoms with E-state index >= 15 is 0 Å². The number of aliphatic hydroxyl groups is 3. The van der Waals surface area contributed by atoms with Crippen LogP contribution in [0, 0.1) is 34.5 Å². The van der Waals surface area contributed by atoms with E-state index in [1.165, 1.54) is 25.7 Å². The molecular formula is C29H43NaO7. The molecule has 8 heteroatoms. The average molecular weight is 527 g/mol. The van der Waals surface area contributed by atoms with Crippen LogP contribution in [0.5, 0.6) is 0 Å². The van der Waals surface area contributed by atoms with Gasteiger partial charge in [-0.1, -0.05) is 45.1 Å². The zero-order chi connectivity index (χ0) is 25.9. The number of ether oxygens (including phenoxy) is 1. The monoisotopic (exact) mass is 526 g/mol. The second-order valence-electron chi connectivity index (χ2n) is 12.8. The third-order valence-corrected chi connectivity index (χ3v) is 11.2. The molecule has 5 rings (SSSR count). The first-order chi connectivity index (χ1) is 17.0. The van der Waals surface area contributed by atoms with E-state index in [4.69, 9.17) is 4.74 Å². The van der Waals surface area contributed by atoms with E-state index in [2.05, 4.69) is 0 Å². The van der Waals surface area contributed by atoms with Gasteiger partial charge in [0.25, 0.3) is 0 Å². The molecule has 8 atom stereocenters. The summed E-state index contributed by atoms with van der Waals surface area (Å²) in [5.74, 6) is -0.496. The van der Waals surface area contributed by atoms with E-state index in [1.807, 2.05) is 13.8 Å². The third-order valence-electron chi connectivity index (χ3n) is 11.2. The van der Waals surface area contributed by atoms with Crippen LogP contribution in [0.2, 0.25) is 0 Å². The molecule has 5 aliphatic rings. The molecule has 5 aliphatic carbocycles. The van der Waals surface area contributed by atoms with Crippen molar-refractivity contribution in [3.05, 3.63) is 11.6 Å². The van der Waals surface area contributed by atoms with E-state index in [-0.39, 0.29) is 78.3 Å². The van der Waals surface area contributed by atoms with E-state index < -0.39 is 41.0 Å². The molecule has 4 fully saturated rings. The van der Waals surface area contributed by atoms with Crippen molar-refractivity contribution in [2.24, 2.45) is 34.5 Å². The molecule has 1 unspecified atom stereocenters. The number of hydrogen-bond donors (Lipinski definition) is 3. The third kappa shape index (κ3) is 4.63. The Hall–Kier alpha value is -0.570. The number of hydrogen-bond acceptors (Lipinski definition) is 7. The van der Waals surface area contributed by atoms with Crippen LogP contribution in [-0.4, -0.2) is 86.8 Å². The normalized spacial score (nSPS) is 43.2. The maximum atomic E-state index is 13.0. The van der Waals surface area contributed by atoms with Gasteiger partial charge in [-0.3, -0.25) is 14.4 Å². The summed E-state index contributed by atoms with van der Waals surface area (Å²) >= 11 is 0. The summed E-state index contributed by atoms with van der Waals surface area (Å²) in [6, 6.07) is 0. The summed E-state index contributed by atoms with van der Waals surface area (Å²) in [5.41, 5.74) is -2.19. The van der Waals surface area contributed by atoms with Crippen LogP contribution in [0.3, 0.4) is 0 Å². The van der Waals surface area contributed by atoms with Crippen molar-refractivity contribution in [3.63, 3.8) is 0 Å². The SMILES string of the molecule is C[C@]12C[C@H](O)[C@H]3[C@@H](CCC4=CC(=O)CC(OC(=O)CCC5CCCC5)[C@@]43C)[C@@H]1CC[C@]2(O)C(=O)CO.[NaH]. The van der Waals surface area contributed by atoms with Crippen LogP contribution >= 0.6 is 0 Å². The Bertz CT molecular complexity index is 958. The van der Waals surface area contributed by atoms with E-state index in [1.54, 1.807) is 6.08 Å². The first-order valence-electron chi connectivity index (χ1n) is 14.0. The topological polar surface area (TPSA) is 121 Å². The van der Waals surface area contributed by atoms with Gasteiger partial charge in [0, 0.05) is 29.6 Å². The molecule has 3 N–H and O–H groups in total. The number of esters is 1. The number of carbonyl (C=O) groups is 3. The fourth-order valence-corrected chi connectivity index (χ4v) is 9.30.